The quantitative estimate of drug-likeness (QED) is 0.525. The molecule has 1 aliphatic rings. The fraction of sp³-hybridized carbons (Fsp3) is 0.308. The third kappa shape index (κ3) is 5.68. The SMILES string of the molecule is Cc1ccc(CNC(=O)C2CCN(S(=O)(=O)c3c(C)noc3C=Cc3ccccc3F)CC2)cc1. The van der Waals surface area contributed by atoms with Crippen LogP contribution in [-0.4, -0.2) is 36.9 Å². The monoisotopic (exact) mass is 497 g/mol. The van der Waals surface area contributed by atoms with E-state index in [1.165, 1.54) is 22.5 Å². The Balaban J connectivity index is 1.41. The molecule has 1 aliphatic heterocycles. The molecule has 0 unspecified atom stereocenters. The van der Waals surface area contributed by atoms with Crippen LogP contribution in [0.3, 0.4) is 0 Å². The maximum atomic E-state index is 13.9. The number of hydrogen-bond acceptors (Lipinski definition) is 5. The van der Waals surface area contributed by atoms with Gasteiger partial charge in [0.15, 0.2) is 10.7 Å². The first-order valence-electron chi connectivity index (χ1n) is 11.5. The average Bonchev–Trinajstić information content (AvgIpc) is 3.24. The van der Waals surface area contributed by atoms with Crippen molar-refractivity contribution in [3.05, 3.63) is 82.5 Å². The fourth-order valence-electron chi connectivity index (χ4n) is 4.10. The number of aryl methyl sites for hydroxylation is 2. The topological polar surface area (TPSA) is 92.5 Å². The van der Waals surface area contributed by atoms with Crippen molar-refractivity contribution >= 4 is 28.1 Å². The maximum absolute atomic E-state index is 13.9. The summed E-state index contributed by atoms with van der Waals surface area (Å²) in [5.74, 6) is -0.705. The fourth-order valence-corrected chi connectivity index (χ4v) is 5.82. The number of amides is 1. The number of benzene rings is 2. The Morgan fingerprint density at radius 3 is 2.49 bits per heavy atom. The average molecular weight is 498 g/mol. The molecule has 35 heavy (non-hydrogen) atoms. The van der Waals surface area contributed by atoms with Gasteiger partial charge in [0.05, 0.1) is 0 Å². The Kier molecular flexibility index (Phi) is 7.47. The highest BCUT2D eigenvalue weighted by Gasteiger charge is 2.35. The highest BCUT2D eigenvalue weighted by Crippen LogP contribution is 2.29. The van der Waals surface area contributed by atoms with Crippen molar-refractivity contribution < 1.29 is 22.1 Å². The molecule has 2 aromatic carbocycles. The Labute approximate surface area is 204 Å². The molecule has 1 fully saturated rings. The molecule has 0 spiro atoms. The van der Waals surface area contributed by atoms with Crippen molar-refractivity contribution in [1.29, 1.82) is 0 Å². The van der Waals surface area contributed by atoms with Gasteiger partial charge in [-0.25, -0.2) is 12.8 Å². The third-order valence-corrected chi connectivity index (χ3v) is 8.22. The minimum atomic E-state index is -3.90. The molecule has 0 atom stereocenters. The highest BCUT2D eigenvalue weighted by molar-refractivity contribution is 7.89. The molecule has 0 bridgehead atoms. The standard InChI is InChI=1S/C26H28FN3O4S/c1-18-7-9-20(10-8-18)17-28-26(31)22-13-15-30(16-14-22)35(32,33)25-19(2)29-34-24(25)12-11-21-5-3-4-6-23(21)27/h3-12,22H,13-17H2,1-2H3,(H,28,31). The minimum Gasteiger partial charge on any atom is -0.355 e. The number of carbonyl (C=O) groups excluding carboxylic acids is 1. The molecule has 1 amide bonds. The van der Waals surface area contributed by atoms with Crippen molar-refractivity contribution in [2.24, 2.45) is 5.92 Å². The van der Waals surface area contributed by atoms with Crippen LogP contribution in [0.1, 0.15) is 41.0 Å². The summed E-state index contributed by atoms with van der Waals surface area (Å²) in [6.45, 7) is 4.43. The number of halogens is 1. The molecule has 0 saturated carbocycles. The summed E-state index contributed by atoms with van der Waals surface area (Å²) in [5.41, 5.74) is 2.71. The largest absolute Gasteiger partial charge is 0.355 e. The van der Waals surface area contributed by atoms with Crippen LogP contribution in [0.4, 0.5) is 4.39 Å². The van der Waals surface area contributed by atoms with E-state index >= 15 is 0 Å². The van der Waals surface area contributed by atoms with E-state index in [4.69, 9.17) is 4.52 Å². The maximum Gasteiger partial charge on any atom is 0.248 e. The van der Waals surface area contributed by atoms with Crippen molar-refractivity contribution in [2.45, 2.75) is 38.1 Å². The minimum absolute atomic E-state index is 0.0349. The van der Waals surface area contributed by atoms with E-state index in [2.05, 4.69) is 10.5 Å². The Morgan fingerprint density at radius 1 is 1.11 bits per heavy atom. The number of rotatable bonds is 7. The van der Waals surface area contributed by atoms with E-state index in [9.17, 15) is 17.6 Å². The van der Waals surface area contributed by atoms with E-state index in [1.54, 1.807) is 25.1 Å². The van der Waals surface area contributed by atoms with Crippen LogP contribution in [0.2, 0.25) is 0 Å². The first-order valence-corrected chi connectivity index (χ1v) is 12.9. The highest BCUT2D eigenvalue weighted by atomic mass is 32.2. The number of piperidine rings is 1. The summed E-state index contributed by atoms with van der Waals surface area (Å²) in [4.78, 5) is 12.6. The van der Waals surface area contributed by atoms with Gasteiger partial charge in [0.1, 0.15) is 11.5 Å². The van der Waals surface area contributed by atoms with E-state index in [-0.39, 0.29) is 41.3 Å². The summed E-state index contributed by atoms with van der Waals surface area (Å²) in [6, 6.07) is 14.1. The van der Waals surface area contributed by atoms with Crippen LogP contribution in [0.5, 0.6) is 0 Å². The first kappa shape index (κ1) is 24.8. The molecule has 1 aromatic heterocycles. The molecule has 184 valence electrons. The first-order chi connectivity index (χ1) is 16.8. The predicted octanol–water partition coefficient (Wildman–Crippen LogP) is 4.32. The summed E-state index contributed by atoms with van der Waals surface area (Å²) in [7, 11) is -3.90. The van der Waals surface area contributed by atoms with Gasteiger partial charge >= 0.3 is 0 Å². The van der Waals surface area contributed by atoms with Gasteiger partial charge in [-0.05, 0) is 50.5 Å². The van der Waals surface area contributed by atoms with Crippen LogP contribution < -0.4 is 5.32 Å². The molecule has 2 heterocycles. The van der Waals surface area contributed by atoms with Gasteiger partial charge in [0.25, 0.3) is 0 Å². The lowest BCUT2D eigenvalue weighted by molar-refractivity contribution is -0.126. The smallest absolute Gasteiger partial charge is 0.248 e. The molecule has 4 rings (SSSR count). The lowest BCUT2D eigenvalue weighted by Crippen LogP contribution is -2.43. The molecule has 7 nitrogen and oxygen atoms in total. The zero-order valence-electron chi connectivity index (χ0n) is 19.7. The van der Waals surface area contributed by atoms with Crippen molar-refractivity contribution in [1.82, 2.24) is 14.8 Å². The van der Waals surface area contributed by atoms with Crippen LogP contribution >= 0.6 is 0 Å². The van der Waals surface area contributed by atoms with Crippen molar-refractivity contribution in [3.63, 3.8) is 0 Å². The Morgan fingerprint density at radius 2 is 1.80 bits per heavy atom. The van der Waals surface area contributed by atoms with Gasteiger partial charge in [-0.2, -0.15) is 4.31 Å². The van der Waals surface area contributed by atoms with E-state index in [0.717, 1.165) is 11.1 Å². The van der Waals surface area contributed by atoms with E-state index in [1.807, 2.05) is 31.2 Å². The van der Waals surface area contributed by atoms with Gasteiger partial charge < -0.3 is 9.84 Å². The summed E-state index contributed by atoms with van der Waals surface area (Å²) >= 11 is 0. The molecule has 1 N–H and O–H groups in total. The molecular weight excluding hydrogens is 469 g/mol. The number of nitrogens with zero attached hydrogens (tertiary/aromatic N) is 2. The van der Waals surface area contributed by atoms with Crippen molar-refractivity contribution in [3.8, 4) is 0 Å². The Hall–Kier alpha value is -3.30. The molecule has 0 radical (unpaired) electrons. The lowest BCUT2D eigenvalue weighted by Gasteiger charge is -2.30. The third-order valence-electron chi connectivity index (χ3n) is 6.16. The Bertz CT molecular complexity index is 1320. The number of carbonyl (C=O) groups is 1. The normalized spacial score (nSPS) is 15.5. The van der Waals surface area contributed by atoms with Crippen LogP contribution in [0, 0.1) is 25.6 Å². The summed E-state index contributed by atoms with van der Waals surface area (Å²) in [5, 5.41) is 6.78. The number of sulfonamides is 1. The predicted molar refractivity (Wildman–Crippen MR) is 131 cm³/mol. The van der Waals surface area contributed by atoms with Gasteiger partial charge in [-0.1, -0.05) is 53.2 Å². The van der Waals surface area contributed by atoms with Crippen molar-refractivity contribution in [2.75, 3.05) is 13.1 Å². The zero-order valence-corrected chi connectivity index (χ0v) is 20.5. The van der Waals surface area contributed by atoms with Crippen LogP contribution in [-0.2, 0) is 21.4 Å². The number of aromatic nitrogens is 1. The van der Waals surface area contributed by atoms with Crippen LogP contribution in [0.15, 0.2) is 57.9 Å². The van der Waals surface area contributed by atoms with Gasteiger partial charge in [-0.15, -0.1) is 0 Å². The second-order valence-electron chi connectivity index (χ2n) is 8.70. The zero-order chi connectivity index (χ0) is 25.0. The van der Waals surface area contributed by atoms with Gasteiger partial charge in [0.2, 0.25) is 15.9 Å². The second-order valence-corrected chi connectivity index (χ2v) is 10.6. The molecule has 3 aromatic rings. The number of hydrogen-bond donors (Lipinski definition) is 1. The second kappa shape index (κ2) is 10.5. The van der Waals surface area contributed by atoms with Gasteiger partial charge in [0, 0.05) is 31.1 Å². The molecule has 9 heteroatoms. The summed E-state index contributed by atoms with van der Waals surface area (Å²) in [6.07, 6.45) is 3.71. The summed E-state index contributed by atoms with van der Waals surface area (Å²) < 4.78 is 47.3. The lowest BCUT2D eigenvalue weighted by atomic mass is 9.97. The van der Waals surface area contributed by atoms with E-state index < -0.39 is 15.8 Å². The van der Waals surface area contributed by atoms with Gasteiger partial charge in [-0.3, -0.25) is 4.79 Å². The van der Waals surface area contributed by atoms with E-state index in [0.29, 0.717) is 24.9 Å². The molecule has 0 aliphatic carbocycles. The number of nitrogens with one attached hydrogen (secondary N) is 1. The molecule has 1 saturated heterocycles. The molecular formula is C26H28FN3O4S. The van der Waals surface area contributed by atoms with Crippen LogP contribution in [0.25, 0.3) is 12.2 Å².